The van der Waals surface area contributed by atoms with Crippen molar-refractivity contribution in [1.29, 1.82) is 0 Å². The maximum absolute atomic E-state index is 11.9. The molecule has 0 heterocycles. The van der Waals surface area contributed by atoms with Gasteiger partial charge >= 0.3 is 0 Å². The van der Waals surface area contributed by atoms with E-state index < -0.39 is 0 Å². The first-order chi connectivity index (χ1) is 10.5. The van der Waals surface area contributed by atoms with E-state index in [9.17, 15) is 4.79 Å². The van der Waals surface area contributed by atoms with E-state index in [0.29, 0.717) is 19.6 Å². The lowest BCUT2D eigenvalue weighted by Gasteiger charge is -2.10. The third-order valence-corrected chi connectivity index (χ3v) is 3.97. The monoisotopic (exact) mass is 361 g/mol. The van der Waals surface area contributed by atoms with Gasteiger partial charge in [-0.15, -0.1) is 0 Å². The number of aryl methyl sites for hydroxylation is 2. The molecule has 0 atom stereocenters. The zero-order valence-electron chi connectivity index (χ0n) is 12.9. The van der Waals surface area contributed by atoms with Crippen LogP contribution in [0.3, 0.4) is 0 Å². The minimum Gasteiger partial charge on any atom is -0.492 e. The molecule has 3 nitrogen and oxygen atoms in total. The van der Waals surface area contributed by atoms with E-state index in [1.807, 2.05) is 50.2 Å². The first-order valence-corrected chi connectivity index (χ1v) is 8.05. The fourth-order valence-corrected chi connectivity index (χ4v) is 2.68. The maximum atomic E-state index is 11.9. The van der Waals surface area contributed by atoms with Crippen LogP contribution in [-0.2, 0) is 11.2 Å². The highest BCUT2D eigenvalue weighted by molar-refractivity contribution is 9.10. The summed E-state index contributed by atoms with van der Waals surface area (Å²) in [5.41, 5.74) is 3.33. The summed E-state index contributed by atoms with van der Waals surface area (Å²) in [4.78, 5) is 11.9. The Bertz CT molecular complexity index is 635. The highest BCUT2D eigenvalue weighted by Gasteiger charge is 2.05. The molecule has 0 fully saturated rings. The number of benzene rings is 2. The Kier molecular flexibility index (Phi) is 6.01. The Balaban J connectivity index is 1.74. The van der Waals surface area contributed by atoms with Gasteiger partial charge in [-0.2, -0.15) is 0 Å². The van der Waals surface area contributed by atoms with Crippen molar-refractivity contribution < 1.29 is 9.53 Å². The van der Waals surface area contributed by atoms with Crippen LogP contribution in [0.2, 0.25) is 0 Å². The van der Waals surface area contributed by atoms with Gasteiger partial charge in [0, 0.05) is 4.47 Å². The summed E-state index contributed by atoms with van der Waals surface area (Å²) in [6.07, 6.45) is 0.366. The Hall–Kier alpha value is -1.81. The van der Waals surface area contributed by atoms with Gasteiger partial charge in [0.25, 0.3) is 0 Å². The fraction of sp³-hybridized carbons (Fsp3) is 0.278. The predicted molar refractivity (Wildman–Crippen MR) is 92.3 cm³/mol. The summed E-state index contributed by atoms with van der Waals surface area (Å²) in [6.45, 7) is 5.04. The molecule has 0 aliphatic rings. The lowest BCUT2D eigenvalue weighted by Crippen LogP contribution is -2.29. The summed E-state index contributed by atoms with van der Waals surface area (Å²) >= 11 is 3.45. The van der Waals surface area contributed by atoms with Gasteiger partial charge in [-0.1, -0.05) is 40.2 Å². The normalized spacial score (nSPS) is 10.3. The second kappa shape index (κ2) is 7.99. The number of hydrogen-bond acceptors (Lipinski definition) is 2. The number of nitrogens with one attached hydrogen (secondary N) is 1. The predicted octanol–water partition coefficient (Wildman–Crippen LogP) is 3.80. The quantitative estimate of drug-likeness (QED) is 0.794. The van der Waals surface area contributed by atoms with Crippen molar-refractivity contribution >= 4 is 21.8 Å². The molecule has 0 radical (unpaired) electrons. The van der Waals surface area contributed by atoms with E-state index in [1.54, 1.807) is 0 Å². The van der Waals surface area contributed by atoms with Crippen molar-refractivity contribution in [2.45, 2.75) is 20.3 Å². The number of carbonyl (C=O) groups is 1. The Morgan fingerprint density at radius 2 is 1.82 bits per heavy atom. The highest BCUT2D eigenvalue weighted by Crippen LogP contribution is 2.17. The SMILES string of the molecule is Cc1cc(C)cc(OCCNC(=O)Cc2ccccc2Br)c1. The average molecular weight is 362 g/mol. The molecule has 4 heteroatoms. The molecule has 0 aliphatic carbocycles. The molecule has 1 N–H and O–H groups in total. The van der Waals surface area contributed by atoms with Crippen molar-refractivity contribution in [2.75, 3.05) is 13.2 Å². The first kappa shape index (κ1) is 16.6. The van der Waals surface area contributed by atoms with Gasteiger partial charge in [0.1, 0.15) is 12.4 Å². The molecular weight excluding hydrogens is 342 g/mol. The van der Waals surface area contributed by atoms with Crippen LogP contribution in [0.15, 0.2) is 46.9 Å². The van der Waals surface area contributed by atoms with E-state index in [1.165, 1.54) is 11.1 Å². The van der Waals surface area contributed by atoms with E-state index in [-0.39, 0.29) is 5.91 Å². The van der Waals surface area contributed by atoms with Gasteiger partial charge in [0.2, 0.25) is 5.91 Å². The van der Waals surface area contributed by atoms with Crippen molar-refractivity contribution in [3.63, 3.8) is 0 Å². The zero-order valence-corrected chi connectivity index (χ0v) is 14.4. The summed E-state index contributed by atoms with van der Waals surface area (Å²) in [5.74, 6) is 0.841. The van der Waals surface area contributed by atoms with Crippen LogP contribution in [0, 0.1) is 13.8 Å². The van der Waals surface area contributed by atoms with Crippen LogP contribution in [0.25, 0.3) is 0 Å². The fourth-order valence-electron chi connectivity index (χ4n) is 2.25. The molecule has 0 bridgehead atoms. The van der Waals surface area contributed by atoms with Gasteiger partial charge < -0.3 is 10.1 Å². The molecule has 0 aliphatic heterocycles. The van der Waals surface area contributed by atoms with E-state index >= 15 is 0 Å². The van der Waals surface area contributed by atoms with E-state index in [4.69, 9.17) is 4.74 Å². The summed E-state index contributed by atoms with van der Waals surface area (Å²) in [5, 5.41) is 2.87. The van der Waals surface area contributed by atoms with Gasteiger partial charge in [-0.25, -0.2) is 0 Å². The van der Waals surface area contributed by atoms with Crippen molar-refractivity contribution in [1.82, 2.24) is 5.32 Å². The molecule has 2 aromatic carbocycles. The number of rotatable bonds is 6. The van der Waals surface area contributed by atoms with Gasteiger partial charge in [-0.3, -0.25) is 4.79 Å². The van der Waals surface area contributed by atoms with Gasteiger partial charge in [0.05, 0.1) is 13.0 Å². The third-order valence-electron chi connectivity index (χ3n) is 3.20. The average Bonchev–Trinajstić information content (AvgIpc) is 2.45. The lowest BCUT2D eigenvalue weighted by molar-refractivity contribution is -0.120. The smallest absolute Gasteiger partial charge is 0.224 e. The lowest BCUT2D eigenvalue weighted by atomic mass is 10.1. The molecule has 0 saturated heterocycles. The number of halogens is 1. The number of carbonyl (C=O) groups excluding carboxylic acids is 1. The van der Waals surface area contributed by atoms with Crippen LogP contribution in [0.5, 0.6) is 5.75 Å². The van der Waals surface area contributed by atoms with Gasteiger partial charge in [-0.05, 0) is 48.7 Å². The minimum absolute atomic E-state index is 0.00378. The molecule has 116 valence electrons. The molecule has 0 saturated carbocycles. The largest absolute Gasteiger partial charge is 0.492 e. The number of hydrogen-bond donors (Lipinski definition) is 1. The Morgan fingerprint density at radius 1 is 1.14 bits per heavy atom. The molecule has 0 aromatic heterocycles. The summed E-state index contributed by atoms with van der Waals surface area (Å²) in [7, 11) is 0. The molecule has 0 spiro atoms. The standard InChI is InChI=1S/C18H20BrNO2/c1-13-9-14(2)11-16(10-13)22-8-7-20-18(21)12-15-5-3-4-6-17(15)19/h3-6,9-11H,7-8,12H2,1-2H3,(H,20,21). The first-order valence-electron chi connectivity index (χ1n) is 7.26. The Labute approximate surface area is 139 Å². The summed E-state index contributed by atoms with van der Waals surface area (Å²) < 4.78 is 6.62. The molecule has 2 aromatic rings. The number of amides is 1. The second-order valence-electron chi connectivity index (χ2n) is 5.29. The molecule has 22 heavy (non-hydrogen) atoms. The summed E-state index contributed by atoms with van der Waals surface area (Å²) in [6, 6.07) is 13.8. The van der Waals surface area contributed by atoms with E-state index in [2.05, 4.69) is 27.3 Å². The molecule has 0 unspecified atom stereocenters. The minimum atomic E-state index is -0.00378. The third kappa shape index (κ3) is 5.19. The maximum Gasteiger partial charge on any atom is 0.224 e. The van der Waals surface area contributed by atoms with Crippen molar-refractivity contribution in [3.05, 3.63) is 63.6 Å². The molecular formula is C18H20BrNO2. The van der Waals surface area contributed by atoms with E-state index in [0.717, 1.165) is 15.8 Å². The molecule has 1 amide bonds. The van der Waals surface area contributed by atoms with Crippen molar-refractivity contribution in [2.24, 2.45) is 0 Å². The zero-order chi connectivity index (χ0) is 15.9. The van der Waals surface area contributed by atoms with Crippen LogP contribution in [0.4, 0.5) is 0 Å². The van der Waals surface area contributed by atoms with Crippen LogP contribution < -0.4 is 10.1 Å². The topological polar surface area (TPSA) is 38.3 Å². The van der Waals surface area contributed by atoms with Crippen molar-refractivity contribution in [3.8, 4) is 5.75 Å². The Morgan fingerprint density at radius 3 is 2.50 bits per heavy atom. The van der Waals surface area contributed by atoms with Crippen LogP contribution in [-0.4, -0.2) is 19.1 Å². The highest BCUT2D eigenvalue weighted by atomic mass is 79.9. The second-order valence-corrected chi connectivity index (χ2v) is 6.14. The number of ether oxygens (including phenoxy) is 1. The molecule has 2 rings (SSSR count). The van der Waals surface area contributed by atoms with Gasteiger partial charge in [0.15, 0.2) is 0 Å². The van der Waals surface area contributed by atoms with Crippen LogP contribution in [0.1, 0.15) is 16.7 Å². The van der Waals surface area contributed by atoms with Crippen LogP contribution >= 0.6 is 15.9 Å².